The minimum atomic E-state index is -0.313. The topological polar surface area (TPSA) is 48.9 Å². The molecule has 24 heavy (non-hydrogen) atoms. The van der Waals surface area contributed by atoms with Crippen molar-refractivity contribution in [3.63, 3.8) is 0 Å². The van der Waals surface area contributed by atoms with Crippen molar-refractivity contribution in [1.29, 1.82) is 0 Å². The van der Waals surface area contributed by atoms with Gasteiger partial charge in [0.2, 0.25) is 0 Å². The van der Waals surface area contributed by atoms with E-state index in [2.05, 4.69) is 20.5 Å². The van der Waals surface area contributed by atoms with Crippen LogP contribution in [0.2, 0.25) is 5.02 Å². The second-order valence-electron chi connectivity index (χ2n) is 5.37. The number of ether oxygens (including phenoxy) is 1. The molecule has 0 spiro atoms. The number of aliphatic imine (C=N–C) groups is 1. The molecule has 1 fully saturated rings. The number of halogens is 3. The summed E-state index contributed by atoms with van der Waals surface area (Å²) >= 11 is 6.02. The summed E-state index contributed by atoms with van der Waals surface area (Å²) in [6.07, 6.45) is 0.712. The fraction of sp³-hybridized carbons (Fsp3) is 0.562. The normalized spacial score (nSPS) is 15.7. The van der Waals surface area contributed by atoms with Crippen molar-refractivity contribution in [1.82, 2.24) is 15.5 Å². The molecule has 2 rings (SSSR count). The lowest BCUT2D eigenvalue weighted by Gasteiger charge is -2.26. The van der Waals surface area contributed by atoms with Crippen molar-refractivity contribution in [2.75, 3.05) is 53.0 Å². The van der Waals surface area contributed by atoms with Crippen LogP contribution in [-0.2, 0) is 11.2 Å². The molecule has 1 aromatic rings. The summed E-state index contributed by atoms with van der Waals surface area (Å²) in [5.41, 5.74) is 0.921. The quantitative estimate of drug-likeness (QED) is 0.380. The van der Waals surface area contributed by atoms with E-state index in [1.54, 1.807) is 13.1 Å². The van der Waals surface area contributed by atoms with E-state index in [4.69, 9.17) is 16.3 Å². The second kappa shape index (κ2) is 11.8. The summed E-state index contributed by atoms with van der Waals surface area (Å²) in [5.74, 6) is 0.448. The maximum Gasteiger partial charge on any atom is 0.191 e. The van der Waals surface area contributed by atoms with Gasteiger partial charge in [-0.05, 0) is 24.1 Å². The predicted octanol–water partition coefficient (Wildman–Crippen LogP) is 2.14. The molecule has 1 aliphatic heterocycles. The number of morpholine rings is 1. The van der Waals surface area contributed by atoms with Crippen molar-refractivity contribution in [3.05, 3.63) is 34.6 Å². The van der Waals surface area contributed by atoms with Crippen LogP contribution in [0.3, 0.4) is 0 Å². The van der Waals surface area contributed by atoms with Gasteiger partial charge in [0.1, 0.15) is 5.82 Å². The fourth-order valence-electron chi connectivity index (χ4n) is 2.42. The summed E-state index contributed by atoms with van der Waals surface area (Å²) in [5, 5.41) is 6.99. The molecule has 136 valence electrons. The number of rotatable bonds is 6. The third-order valence-electron chi connectivity index (χ3n) is 3.75. The maximum atomic E-state index is 13.0. The number of nitrogens with zero attached hydrogens (tertiary/aromatic N) is 2. The van der Waals surface area contributed by atoms with Gasteiger partial charge in [-0.1, -0.05) is 17.7 Å². The van der Waals surface area contributed by atoms with Crippen molar-refractivity contribution >= 4 is 41.5 Å². The van der Waals surface area contributed by atoms with Gasteiger partial charge in [0.05, 0.1) is 13.2 Å². The highest BCUT2D eigenvalue weighted by molar-refractivity contribution is 14.0. The largest absolute Gasteiger partial charge is 0.379 e. The molecule has 0 radical (unpaired) electrons. The maximum absolute atomic E-state index is 13.0. The Hall–Kier alpha value is -0.640. The Morgan fingerprint density at radius 3 is 2.67 bits per heavy atom. The first-order valence-corrected chi connectivity index (χ1v) is 8.25. The number of hydrogen-bond donors (Lipinski definition) is 2. The van der Waals surface area contributed by atoms with Crippen LogP contribution in [0.25, 0.3) is 0 Å². The van der Waals surface area contributed by atoms with Gasteiger partial charge in [-0.2, -0.15) is 0 Å². The van der Waals surface area contributed by atoms with Crippen molar-refractivity contribution in [2.24, 2.45) is 4.99 Å². The smallest absolute Gasteiger partial charge is 0.191 e. The molecular formula is C16H25ClFIN4O. The molecule has 5 nitrogen and oxygen atoms in total. The summed E-state index contributed by atoms with van der Waals surface area (Å²) in [6, 6.07) is 4.48. The van der Waals surface area contributed by atoms with Gasteiger partial charge in [-0.15, -0.1) is 24.0 Å². The van der Waals surface area contributed by atoms with E-state index in [1.165, 1.54) is 12.1 Å². The number of guanidine groups is 1. The van der Waals surface area contributed by atoms with Crippen LogP contribution in [0.15, 0.2) is 23.2 Å². The Kier molecular flexibility index (Phi) is 10.6. The van der Waals surface area contributed by atoms with Gasteiger partial charge in [-0.25, -0.2) is 4.39 Å². The van der Waals surface area contributed by atoms with E-state index in [-0.39, 0.29) is 29.8 Å². The van der Waals surface area contributed by atoms with Gasteiger partial charge in [0.15, 0.2) is 5.96 Å². The number of nitrogens with one attached hydrogen (secondary N) is 2. The average molecular weight is 471 g/mol. The van der Waals surface area contributed by atoms with Gasteiger partial charge in [-0.3, -0.25) is 9.89 Å². The second-order valence-corrected chi connectivity index (χ2v) is 5.77. The Balaban J connectivity index is 0.00000288. The number of benzene rings is 1. The first-order chi connectivity index (χ1) is 11.2. The molecule has 1 aliphatic rings. The SMILES string of the molecule is CN=C(NCCc1ccc(F)cc1Cl)NCCN1CCOCC1.I. The highest BCUT2D eigenvalue weighted by Crippen LogP contribution is 2.17. The van der Waals surface area contributed by atoms with Crippen LogP contribution >= 0.6 is 35.6 Å². The van der Waals surface area contributed by atoms with E-state index in [0.717, 1.165) is 50.9 Å². The van der Waals surface area contributed by atoms with Crippen LogP contribution in [0.1, 0.15) is 5.56 Å². The van der Waals surface area contributed by atoms with Crippen LogP contribution in [0.5, 0.6) is 0 Å². The number of hydrogen-bond acceptors (Lipinski definition) is 3. The van der Waals surface area contributed by atoms with Crippen LogP contribution in [0.4, 0.5) is 4.39 Å². The molecule has 0 saturated carbocycles. The van der Waals surface area contributed by atoms with Crippen LogP contribution in [-0.4, -0.2) is 63.8 Å². The molecule has 0 bridgehead atoms. The third kappa shape index (κ3) is 7.50. The lowest BCUT2D eigenvalue weighted by atomic mass is 10.1. The van der Waals surface area contributed by atoms with E-state index in [9.17, 15) is 4.39 Å². The highest BCUT2D eigenvalue weighted by atomic mass is 127. The molecule has 0 aliphatic carbocycles. The minimum absolute atomic E-state index is 0. The monoisotopic (exact) mass is 470 g/mol. The van der Waals surface area contributed by atoms with Gasteiger partial charge < -0.3 is 15.4 Å². The van der Waals surface area contributed by atoms with Gasteiger partial charge in [0.25, 0.3) is 0 Å². The summed E-state index contributed by atoms with van der Waals surface area (Å²) in [4.78, 5) is 6.56. The summed E-state index contributed by atoms with van der Waals surface area (Å²) in [6.45, 7) is 6.07. The Morgan fingerprint density at radius 1 is 1.29 bits per heavy atom. The van der Waals surface area contributed by atoms with Crippen LogP contribution < -0.4 is 10.6 Å². The van der Waals surface area contributed by atoms with Crippen molar-refractivity contribution in [3.8, 4) is 0 Å². The molecule has 2 N–H and O–H groups in total. The van der Waals surface area contributed by atoms with Crippen molar-refractivity contribution in [2.45, 2.75) is 6.42 Å². The zero-order chi connectivity index (χ0) is 16.5. The lowest BCUT2D eigenvalue weighted by Crippen LogP contribution is -2.44. The Bertz CT molecular complexity index is 527. The van der Waals surface area contributed by atoms with Crippen molar-refractivity contribution < 1.29 is 9.13 Å². The third-order valence-corrected chi connectivity index (χ3v) is 4.10. The molecule has 1 saturated heterocycles. The zero-order valence-electron chi connectivity index (χ0n) is 13.9. The predicted molar refractivity (Wildman–Crippen MR) is 107 cm³/mol. The van der Waals surface area contributed by atoms with Gasteiger partial charge >= 0.3 is 0 Å². The van der Waals surface area contributed by atoms with E-state index >= 15 is 0 Å². The standard InChI is InChI=1S/C16H24ClFN4O.HI/c1-19-16(21-6-7-22-8-10-23-11-9-22)20-5-4-13-2-3-14(18)12-15(13)17;/h2-3,12H,4-11H2,1H3,(H2,19,20,21);1H. The minimum Gasteiger partial charge on any atom is -0.379 e. The highest BCUT2D eigenvalue weighted by Gasteiger charge is 2.09. The Morgan fingerprint density at radius 2 is 2.00 bits per heavy atom. The molecule has 0 unspecified atom stereocenters. The van der Waals surface area contributed by atoms with Gasteiger partial charge in [0, 0.05) is 44.8 Å². The molecule has 8 heteroatoms. The first kappa shape index (κ1) is 21.4. The summed E-state index contributed by atoms with van der Waals surface area (Å²) < 4.78 is 18.3. The molecule has 1 aromatic carbocycles. The average Bonchev–Trinajstić information content (AvgIpc) is 2.56. The molecular weight excluding hydrogens is 446 g/mol. The summed E-state index contributed by atoms with van der Waals surface area (Å²) in [7, 11) is 1.74. The fourth-order valence-corrected chi connectivity index (χ4v) is 2.68. The van der Waals surface area contributed by atoms with E-state index in [0.29, 0.717) is 18.0 Å². The van der Waals surface area contributed by atoms with E-state index in [1.807, 2.05) is 0 Å². The molecule has 0 atom stereocenters. The molecule has 0 aromatic heterocycles. The lowest BCUT2D eigenvalue weighted by molar-refractivity contribution is 0.0389. The first-order valence-electron chi connectivity index (χ1n) is 7.87. The Labute approximate surface area is 165 Å². The molecule has 0 amide bonds. The van der Waals surface area contributed by atoms with Crippen LogP contribution in [0, 0.1) is 5.82 Å². The molecule has 1 heterocycles. The van der Waals surface area contributed by atoms with E-state index < -0.39 is 0 Å². The zero-order valence-corrected chi connectivity index (χ0v) is 16.9.